The summed E-state index contributed by atoms with van der Waals surface area (Å²) in [6.07, 6.45) is 1.71. The number of hydrogen-bond acceptors (Lipinski definition) is 4. The Morgan fingerprint density at radius 3 is 3.00 bits per heavy atom. The maximum Gasteiger partial charge on any atom is 0.230 e. The van der Waals surface area contributed by atoms with Crippen LogP contribution in [-0.4, -0.2) is 30.1 Å². The molecule has 2 rings (SSSR count). The van der Waals surface area contributed by atoms with Gasteiger partial charge in [-0.15, -0.1) is 0 Å². The number of amides is 1. The highest BCUT2D eigenvalue weighted by Gasteiger charge is 2.44. The van der Waals surface area contributed by atoms with Crippen molar-refractivity contribution in [1.29, 1.82) is 0 Å². The van der Waals surface area contributed by atoms with Crippen LogP contribution in [0, 0.1) is 5.41 Å². The van der Waals surface area contributed by atoms with E-state index >= 15 is 0 Å². The Morgan fingerprint density at radius 1 is 1.67 bits per heavy atom. The zero-order chi connectivity index (χ0) is 13.2. The number of rotatable bonds is 3. The maximum absolute atomic E-state index is 12.3. The van der Waals surface area contributed by atoms with Crippen LogP contribution in [0.15, 0.2) is 24.4 Å². The SMILES string of the molecule is CC(NC(=O)C1(C)COCC1N)c1ccccn1. The Hall–Kier alpha value is -1.46. The molecule has 3 unspecified atom stereocenters. The molecule has 1 aromatic heterocycles. The smallest absolute Gasteiger partial charge is 0.230 e. The summed E-state index contributed by atoms with van der Waals surface area (Å²) >= 11 is 0. The summed E-state index contributed by atoms with van der Waals surface area (Å²) < 4.78 is 5.28. The lowest BCUT2D eigenvalue weighted by Crippen LogP contribution is -2.50. The van der Waals surface area contributed by atoms with Crippen LogP contribution in [0.25, 0.3) is 0 Å². The minimum Gasteiger partial charge on any atom is -0.379 e. The van der Waals surface area contributed by atoms with E-state index in [1.165, 1.54) is 0 Å². The second-order valence-electron chi connectivity index (χ2n) is 4.99. The second kappa shape index (κ2) is 5.04. The van der Waals surface area contributed by atoms with Crippen molar-refractivity contribution in [3.63, 3.8) is 0 Å². The van der Waals surface area contributed by atoms with Gasteiger partial charge in [-0.3, -0.25) is 9.78 Å². The average molecular weight is 249 g/mol. The average Bonchev–Trinajstić information content (AvgIpc) is 2.72. The molecule has 18 heavy (non-hydrogen) atoms. The first-order valence-electron chi connectivity index (χ1n) is 6.09. The Labute approximate surface area is 107 Å². The van der Waals surface area contributed by atoms with Crippen LogP contribution in [0.2, 0.25) is 0 Å². The predicted molar refractivity (Wildman–Crippen MR) is 67.7 cm³/mol. The zero-order valence-corrected chi connectivity index (χ0v) is 10.7. The normalized spacial score (nSPS) is 28.9. The lowest BCUT2D eigenvalue weighted by molar-refractivity contribution is -0.131. The van der Waals surface area contributed by atoms with Gasteiger partial charge in [-0.25, -0.2) is 0 Å². The van der Waals surface area contributed by atoms with Gasteiger partial charge in [-0.2, -0.15) is 0 Å². The van der Waals surface area contributed by atoms with Crippen LogP contribution in [0.4, 0.5) is 0 Å². The van der Waals surface area contributed by atoms with E-state index in [-0.39, 0.29) is 18.0 Å². The first-order chi connectivity index (χ1) is 8.54. The Morgan fingerprint density at radius 2 is 2.44 bits per heavy atom. The van der Waals surface area contributed by atoms with Crippen molar-refractivity contribution in [2.24, 2.45) is 11.1 Å². The summed E-state index contributed by atoms with van der Waals surface area (Å²) in [7, 11) is 0. The van der Waals surface area contributed by atoms with Crippen molar-refractivity contribution in [3.8, 4) is 0 Å². The molecule has 5 heteroatoms. The summed E-state index contributed by atoms with van der Waals surface area (Å²) in [5, 5.41) is 2.95. The first-order valence-corrected chi connectivity index (χ1v) is 6.09. The van der Waals surface area contributed by atoms with Crippen LogP contribution in [0.5, 0.6) is 0 Å². The van der Waals surface area contributed by atoms with Crippen LogP contribution in [-0.2, 0) is 9.53 Å². The van der Waals surface area contributed by atoms with Gasteiger partial charge in [0, 0.05) is 12.2 Å². The van der Waals surface area contributed by atoms with E-state index in [0.29, 0.717) is 13.2 Å². The monoisotopic (exact) mass is 249 g/mol. The standard InChI is InChI=1S/C13H19N3O2/c1-9(10-5-3-4-6-15-10)16-12(17)13(2)8-18-7-11(13)14/h3-6,9,11H,7-8,14H2,1-2H3,(H,16,17). The summed E-state index contributed by atoms with van der Waals surface area (Å²) in [6.45, 7) is 4.55. The molecule has 3 atom stereocenters. The van der Waals surface area contributed by atoms with E-state index in [9.17, 15) is 4.79 Å². The van der Waals surface area contributed by atoms with Gasteiger partial charge >= 0.3 is 0 Å². The molecule has 1 aliphatic rings. The van der Waals surface area contributed by atoms with E-state index in [1.54, 1.807) is 6.20 Å². The molecule has 0 radical (unpaired) electrons. The number of hydrogen-bond donors (Lipinski definition) is 2. The van der Waals surface area contributed by atoms with Gasteiger partial charge in [0.1, 0.15) is 0 Å². The fraction of sp³-hybridized carbons (Fsp3) is 0.538. The topological polar surface area (TPSA) is 77.2 Å². The molecule has 0 aliphatic carbocycles. The minimum absolute atomic E-state index is 0.0781. The molecule has 5 nitrogen and oxygen atoms in total. The second-order valence-corrected chi connectivity index (χ2v) is 4.99. The van der Waals surface area contributed by atoms with Crippen LogP contribution in [0.1, 0.15) is 25.6 Å². The molecule has 0 bridgehead atoms. The molecule has 2 heterocycles. The molecule has 3 N–H and O–H groups in total. The first kappa shape index (κ1) is 13.0. The van der Waals surface area contributed by atoms with Gasteiger partial charge in [0.25, 0.3) is 0 Å². The number of nitrogens with two attached hydrogens (primary N) is 1. The summed E-state index contributed by atoms with van der Waals surface area (Å²) in [5.41, 5.74) is 6.11. The largest absolute Gasteiger partial charge is 0.379 e. The van der Waals surface area contributed by atoms with Crippen molar-refractivity contribution in [2.75, 3.05) is 13.2 Å². The van der Waals surface area contributed by atoms with E-state index < -0.39 is 5.41 Å². The molecule has 1 aromatic rings. The zero-order valence-electron chi connectivity index (χ0n) is 10.7. The van der Waals surface area contributed by atoms with Crippen molar-refractivity contribution in [1.82, 2.24) is 10.3 Å². The number of nitrogens with one attached hydrogen (secondary N) is 1. The van der Waals surface area contributed by atoms with Crippen molar-refractivity contribution < 1.29 is 9.53 Å². The molecular weight excluding hydrogens is 230 g/mol. The molecule has 1 saturated heterocycles. The molecule has 0 saturated carbocycles. The highest BCUT2D eigenvalue weighted by Crippen LogP contribution is 2.28. The van der Waals surface area contributed by atoms with E-state index in [0.717, 1.165) is 5.69 Å². The molecule has 1 amide bonds. The third kappa shape index (κ3) is 2.37. The summed E-state index contributed by atoms with van der Waals surface area (Å²) in [6, 6.07) is 5.24. The lowest BCUT2D eigenvalue weighted by Gasteiger charge is -2.27. The van der Waals surface area contributed by atoms with Crippen LogP contribution >= 0.6 is 0 Å². The number of carbonyl (C=O) groups excluding carboxylic acids is 1. The van der Waals surface area contributed by atoms with Crippen molar-refractivity contribution >= 4 is 5.91 Å². The Kier molecular flexibility index (Phi) is 3.63. The Balaban J connectivity index is 2.04. The van der Waals surface area contributed by atoms with Gasteiger partial charge in [-0.05, 0) is 26.0 Å². The van der Waals surface area contributed by atoms with Gasteiger partial charge in [0.2, 0.25) is 5.91 Å². The van der Waals surface area contributed by atoms with E-state index in [2.05, 4.69) is 10.3 Å². The molecular formula is C13H19N3O2. The van der Waals surface area contributed by atoms with E-state index in [1.807, 2.05) is 32.0 Å². The Bertz CT molecular complexity index is 424. The molecule has 1 aliphatic heterocycles. The van der Waals surface area contributed by atoms with Crippen molar-refractivity contribution in [2.45, 2.75) is 25.9 Å². The fourth-order valence-electron chi connectivity index (χ4n) is 1.99. The van der Waals surface area contributed by atoms with Gasteiger partial charge in [0.15, 0.2) is 0 Å². The van der Waals surface area contributed by atoms with Gasteiger partial charge < -0.3 is 15.8 Å². The fourth-order valence-corrected chi connectivity index (χ4v) is 1.99. The van der Waals surface area contributed by atoms with E-state index in [4.69, 9.17) is 10.5 Å². The predicted octanol–water partition coefficient (Wildman–Crippen LogP) is 0.623. The van der Waals surface area contributed by atoms with Crippen molar-refractivity contribution in [3.05, 3.63) is 30.1 Å². The third-order valence-corrected chi connectivity index (χ3v) is 3.52. The third-order valence-electron chi connectivity index (χ3n) is 3.52. The van der Waals surface area contributed by atoms with Crippen LogP contribution < -0.4 is 11.1 Å². The number of carbonyl (C=O) groups is 1. The molecule has 1 fully saturated rings. The number of nitrogens with zero attached hydrogens (tertiary/aromatic N) is 1. The maximum atomic E-state index is 12.3. The molecule has 0 aromatic carbocycles. The number of ether oxygens (including phenoxy) is 1. The minimum atomic E-state index is -0.650. The van der Waals surface area contributed by atoms with Gasteiger partial charge in [-0.1, -0.05) is 6.07 Å². The van der Waals surface area contributed by atoms with Crippen LogP contribution in [0.3, 0.4) is 0 Å². The molecule has 0 spiro atoms. The lowest BCUT2D eigenvalue weighted by atomic mass is 9.84. The number of aromatic nitrogens is 1. The van der Waals surface area contributed by atoms with Gasteiger partial charge in [0.05, 0.1) is 30.4 Å². The summed E-state index contributed by atoms with van der Waals surface area (Å²) in [5.74, 6) is -0.0781. The highest BCUT2D eigenvalue weighted by molar-refractivity contribution is 5.83. The highest BCUT2D eigenvalue weighted by atomic mass is 16.5. The molecule has 98 valence electrons. The number of pyridine rings is 1. The summed E-state index contributed by atoms with van der Waals surface area (Å²) in [4.78, 5) is 16.5. The quantitative estimate of drug-likeness (QED) is 0.823.